The van der Waals surface area contributed by atoms with E-state index in [4.69, 9.17) is 18.9 Å². The summed E-state index contributed by atoms with van der Waals surface area (Å²) in [5, 5.41) is 2.76. The zero-order valence-corrected chi connectivity index (χ0v) is 18.5. The van der Waals surface area contributed by atoms with Gasteiger partial charge in [0.15, 0.2) is 11.7 Å². The van der Waals surface area contributed by atoms with E-state index in [1.165, 1.54) is 13.4 Å². The molecule has 1 saturated heterocycles. The number of hydrogen-bond acceptors (Lipinski definition) is 8. The van der Waals surface area contributed by atoms with Crippen LogP contribution in [0.1, 0.15) is 29.1 Å². The molecule has 2 aliphatic rings. The molecule has 10 nitrogen and oxygen atoms in total. The van der Waals surface area contributed by atoms with Gasteiger partial charge < -0.3 is 23.7 Å². The maximum atomic E-state index is 13.0. The molecule has 1 fully saturated rings. The van der Waals surface area contributed by atoms with E-state index in [-0.39, 0.29) is 12.5 Å². The van der Waals surface area contributed by atoms with Crippen molar-refractivity contribution < 1.29 is 28.3 Å². The normalized spacial score (nSPS) is 20.7. The maximum absolute atomic E-state index is 13.0. The number of rotatable bonds is 5. The summed E-state index contributed by atoms with van der Waals surface area (Å²) in [6.45, 7) is 3.66. The van der Waals surface area contributed by atoms with E-state index in [1.807, 2.05) is 11.0 Å². The highest BCUT2D eigenvalue weighted by Crippen LogP contribution is 2.36. The van der Waals surface area contributed by atoms with E-state index in [0.717, 1.165) is 0 Å². The van der Waals surface area contributed by atoms with E-state index in [1.54, 1.807) is 42.2 Å². The first-order valence-corrected chi connectivity index (χ1v) is 10.8. The quantitative estimate of drug-likeness (QED) is 0.537. The number of furan rings is 1. The fourth-order valence-electron chi connectivity index (χ4n) is 4.04. The summed E-state index contributed by atoms with van der Waals surface area (Å²) in [6.07, 6.45) is 1.47. The molecule has 1 aromatic carbocycles. The van der Waals surface area contributed by atoms with Gasteiger partial charge in [0, 0.05) is 31.7 Å². The van der Waals surface area contributed by atoms with Crippen molar-refractivity contribution in [3.8, 4) is 5.75 Å². The van der Waals surface area contributed by atoms with Crippen molar-refractivity contribution in [1.29, 1.82) is 0 Å². The fraction of sp³-hybridized carbons (Fsp3) is 0.391. The monoisotopic (exact) mass is 454 g/mol. The SMILES string of the molecule is CCOC(=O)C1C(=O)NC(N2CCN(C(=O)c3ccco3)CC2)=NC1c1ccccc1OC. The summed E-state index contributed by atoms with van der Waals surface area (Å²) >= 11 is 0. The summed E-state index contributed by atoms with van der Waals surface area (Å²) in [5.41, 5.74) is 0.622. The topological polar surface area (TPSA) is 114 Å². The third kappa shape index (κ3) is 4.55. The van der Waals surface area contributed by atoms with Crippen LogP contribution in [0, 0.1) is 5.92 Å². The number of guanidine groups is 1. The molecule has 0 aliphatic carbocycles. The maximum Gasteiger partial charge on any atom is 0.321 e. The smallest absolute Gasteiger partial charge is 0.321 e. The Kier molecular flexibility index (Phi) is 6.62. The zero-order chi connectivity index (χ0) is 23.4. The summed E-state index contributed by atoms with van der Waals surface area (Å²) in [7, 11) is 1.53. The number of nitrogens with one attached hydrogen (secondary N) is 1. The van der Waals surface area contributed by atoms with Gasteiger partial charge in [-0.25, -0.2) is 4.99 Å². The number of ether oxygens (including phenoxy) is 2. The summed E-state index contributed by atoms with van der Waals surface area (Å²) in [5.74, 6) is -1.24. The number of benzene rings is 1. The fourth-order valence-corrected chi connectivity index (χ4v) is 4.04. The first-order chi connectivity index (χ1) is 16.0. The predicted octanol–water partition coefficient (Wildman–Crippen LogP) is 1.45. The van der Waals surface area contributed by atoms with E-state index >= 15 is 0 Å². The Balaban J connectivity index is 1.58. The Morgan fingerprint density at radius 3 is 2.58 bits per heavy atom. The standard InChI is InChI=1S/C23H26N4O6/c1-3-32-22(30)18-19(15-7-4-5-8-16(15)31-2)24-23(25-20(18)28)27-12-10-26(11-13-27)21(29)17-9-6-14-33-17/h4-9,14,18-19H,3,10-13H2,1-2H3,(H,24,25,28). The van der Waals surface area contributed by atoms with Crippen LogP contribution in [0.2, 0.25) is 0 Å². The molecule has 0 spiro atoms. The van der Waals surface area contributed by atoms with Gasteiger partial charge in [-0.05, 0) is 25.1 Å². The number of hydrogen-bond donors (Lipinski definition) is 1. The second-order valence-electron chi connectivity index (χ2n) is 7.62. The van der Waals surface area contributed by atoms with Crippen LogP contribution >= 0.6 is 0 Å². The predicted molar refractivity (Wildman–Crippen MR) is 118 cm³/mol. The van der Waals surface area contributed by atoms with Crippen LogP contribution in [-0.4, -0.2) is 73.4 Å². The molecule has 2 aliphatic heterocycles. The molecule has 3 heterocycles. The lowest BCUT2D eigenvalue weighted by atomic mass is 9.90. The van der Waals surface area contributed by atoms with Crippen molar-refractivity contribution in [2.75, 3.05) is 39.9 Å². The average Bonchev–Trinajstić information content (AvgIpc) is 3.38. The molecule has 2 amide bonds. The minimum Gasteiger partial charge on any atom is -0.496 e. The summed E-state index contributed by atoms with van der Waals surface area (Å²) in [6, 6.07) is 9.67. The van der Waals surface area contributed by atoms with Crippen molar-refractivity contribution in [3.05, 3.63) is 54.0 Å². The van der Waals surface area contributed by atoms with Crippen molar-refractivity contribution in [2.24, 2.45) is 10.9 Å². The number of amides is 2. The van der Waals surface area contributed by atoms with Crippen molar-refractivity contribution >= 4 is 23.7 Å². The zero-order valence-electron chi connectivity index (χ0n) is 18.5. The van der Waals surface area contributed by atoms with Crippen LogP contribution < -0.4 is 10.1 Å². The van der Waals surface area contributed by atoms with Gasteiger partial charge in [0.25, 0.3) is 5.91 Å². The number of nitrogens with zero attached hydrogens (tertiary/aromatic N) is 3. The van der Waals surface area contributed by atoms with E-state index in [9.17, 15) is 14.4 Å². The van der Waals surface area contributed by atoms with E-state index < -0.39 is 23.8 Å². The molecule has 1 aromatic heterocycles. The highest BCUT2D eigenvalue weighted by Gasteiger charge is 2.43. The lowest BCUT2D eigenvalue weighted by Gasteiger charge is -2.38. The van der Waals surface area contributed by atoms with Crippen molar-refractivity contribution in [3.63, 3.8) is 0 Å². The Morgan fingerprint density at radius 1 is 1.15 bits per heavy atom. The van der Waals surface area contributed by atoms with Crippen LogP contribution in [0.5, 0.6) is 5.75 Å². The van der Waals surface area contributed by atoms with E-state index in [0.29, 0.717) is 49.2 Å². The lowest BCUT2D eigenvalue weighted by Crippen LogP contribution is -2.58. The number of esters is 1. The minimum atomic E-state index is -1.13. The van der Waals surface area contributed by atoms with Crippen LogP contribution in [-0.2, 0) is 14.3 Å². The summed E-state index contributed by atoms with van der Waals surface area (Å²) in [4.78, 5) is 46.6. The van der Waals surface area contributed by atoms with Gasteiger partial charge in [-0.15, -0.1) is 0 Å². The average molecular weight is 454 g/mol. The third-order valence-electron chi connectivity index (χ3n) is 5.69. The molecule has 174 valence electrons. The largest absolute Gasteiger partial charge is 0.496 e. The number of piperazine rings is 1. The molecule has 0 saturated carbocycles. The third-order valence-corrected chi connectivity index (χ3v) is 5.69. The van der Waals surface area contributed by atoms with Crippen LogP contribution in [0.3, 0.4) is 0 Å². The molecule has 0 radical (unpaired) electrons. The van der Waals surface area contributed by atoms with E-state index in [2.05, 4.69) is 5.32 Å². The number of aliphatic imine (C=N–C) groups is 1. The van der Waals surface area contributed by atoms with Gasteiger partial charge >= 0.3 is 5.97 Å². The molecular formula is C23H26N4O6. The van der Waals surface area contributed by atoms with Gasteiger partial charge in [0.05, 0.1) is 20.0 Å². The number of carbonyl (C=O) groups excluding carboxylic acids is 3. The number of para-hydroxylation sites is 1. The van der Waals surface area contributed by atoms with Crippen molar-refractivity contribution in [1.82, 2.24) is 15.1 Å². The molecule has 33 heavy (non-hydrogen) atoms. The highest BCUT2D eigenvalue weighted by molar-refractivity contribution is 6.08. The second kappa shape index (κ2) is 9.76. The Hall–Kier alpha value is -3.82. The van der Waals surface area contributed by atoms with Crippen LogP contribution in [0.15, 0.2) is 52.1 Å². The Labute approximate surface area is 191 Å². The van der Waals surface area contributed by atoms with Gasteiger partial charge in [0.2, 0.25) is 11.9 Å². The number of methoxy groups -OCH3 is 1. The second-order valence-corrected chi connectivity index (χ2v) is 7.62. The first-order valence-electron chi connectivity index (χ1n) is 10.8. The summed E-state index contributed by atoms with van der Waals surface area (Å²) < 4.78 is 15.8. The van der Waals surface area contributed by atoms with Crippen LogP contribution in [0.4, 0.5) is 0 Å². The molecule has 0 bridgehead atoms. The van der Waals surface area contributed by atoms with Crippen molar-refractivity contribution in [2.45, 2.75) is 13.0 Å². The molecule has 10 heteroatoms. The van der Waals surface area contributed by atoms with Gasteiger partial charge in [-0.3, -0.25) is 19.7 Å². The van der Waals surface area contributed by atoms with Crippen LogP contribution in [0.25, 0.3) is 0 Å². The molecule has 4 rings (SSSR count). The molecular weight excluding hydrogens is 428 g/mol. The number of carbonyl (C=O) groups is 3. The van der Waals surface area contributed by atoms with Gasteiger partial charge in [-0.1, -0.05) is 18.2 Å². The minimum absolute atomic E-state index is 0.156. The molecule has 2 atom stereocenters. The molecule has 2 unspecified atom stereocenters. The Morgan fingerprint density at radius 2 is 1.91 bits per heavy atom. The molecule has 1 N–H and O–H groups in total. The molecule has 2 aromatic rings. The first kappa shape index (κ1) is 22.4. The Bertz CT molecular complexity index is 1040. The lowest BCUT2D eigenvalue weighted by molar-refractivity contribution is -0.153. The highest BCUT2D eigenvalue weighted by atomic mass is 16.5. The van der Waals surface area contributed by atoms with Gasteiger partial charge in [-0.2, -0.15) is 0 Å². The van der Waals surface area contributed by atoms with Gasteiger partial charge in [0.1, 0.15) is 11.8 Å².